The van der Waals surface area contributed by atoms with Crippen LogP contribution in [0.5, 0.6) is 5.75 Å². The number of piperidine rings is 1. The summed E-state index contributed by atoms with van der Waals surface area (Å²) in [6.07, 6.45) is 2.25. The van der Waals surface area contributed by atoms with Gasteiger partial charge in [0.25, 0.3) is 0 Å². The molecule has 1 fully saturated rings. The lowest BCUT2D eigenvalue weighted by Crippen LogP contribution is -2.27. The van der Waals surface area contributed by atoms with Crippen LogP contribution in [0.1, 0.15) is 56.2 Å². The minimum Gasteiger partial charge on any atom is -0.507 e. The van der Waals surface area contributed by atoms with E-state index in [2.05, 4.69) is 45.1 Å². The van der Waals surface area contributed by atoms with Gasteiger partial charge in [0, 0.05) is 5.56 Å². The summed E-state index contributed by atoms with van der Waals surface area (Å²) < 4.78 is 0. The highest BCUT2D eigenvalue weighted by Gasteiger charge is 2.25. The van der Waals surface area contributed by atoms with Crippen molar-refractivity contribution in [2.24, 2.45) is 0 Å². The van der Waals surface area contributed by atoms with Gasteiger partial charge in [-0.05, 0) is 55.3 Å². The van der Waals surface area contributed by atoms with Crippen LogP contribution >= 0.6 is 0 Å². The number of aromatic hydroxyl groups is 1. The third kappa shape index (κ3) is 2.54. The Hall–Kier alpha value is -1.02. The summed E-state index contributed by atoms with van der Waals surface area (Å²) in [5.74, 6) is 1.04. The van der Waals surface area contributed by atoms with Crippen molar-refractivity contribution in [3.63, 3.8) is 0 Å². The Kier molecular flexibility index (Phi) is 3.67. The van der Waals surface area contributed by atoms with E-state index in [0.29, 0.717) is 11.7 Å². The Morgan fingerprint density at radius 2 is 1.78 bits per heavy atom. The Balaban J connectivity index is 2.45. The van der Waals surface area contributed by atoms with E-state index in [1.54, 1.807) is 0 Å². The van der Waals surface area contributed by atoms with Crippen LogP contribution in [-0.4, -0.2) is 18.2 Å². The van der Waals surface area contributed by atoms with E-state index >= 15 is 0 Å². The Labute approximate surface area is 110 Å². The van der Waals surface area contributed by atoms with Crippen molar-refractivity contribution in [3.05, 3.63) is 28.8 Å². The fraction of sp³-hybridized carbons (Fsp3) is 0.625. The van der Waals surface area contributed by atoms with Gasteiger partial charge in [0.2, 0.25) is 0 Å². The fourth-order valence-corrected chi connectivity index (χ4v) is 2.94. The van der Waals surface area contributed by atoms with Crippen molar-refractivity contribution in [1.82, 2.24) is 5.32 Å². The normalized spacial score (nSPS) is 18.0. The van der Waals surface area contributed by atoms with Crippen LogP contribution in [-0.2, 0) is 5.41 Å². The maximum absolute atomic E-state index is 10.6. The van der Waals surface area contributed by atoms with Crippen LogP contribution in [0, 0.1) is 6.92 Å². The van der Waals surface area contributed by atoms with Gasteiger partial charge in [-0.2, -0.15) is 0 Å². The standard InChI is InChI=1S/C16H25NO/c1-11-5-6-13(16(2,3)4)15(18)14(11)12-7-9-17-10-8-12/h5-6,12,17-18H,7-10H2,1-4H3. The summed E-state index contributed by atoms with van der Waals surface area (Å²) in [7, 11) is 0. The molecule has 2 nitrogen and oxygen atoms in total. The number of aryl methyl sites for hydroxylation is 1. The van der Waals surface area contributed by atoms with Gasteiger partial charge in [0.1, 0.15) is 5.75 Å². The third-order valence-corrected chi connectivity index (χ3v) is 3.99. The lowest BCUT2D eigenvalue weighted by atomic mass is 9.80. The van der Waals surface area contributed by atoms with E-state index in [4.69, 9.17) is 0 Å². The van der Waals surface area contributed by atoms with Crippen molar-refractivity contribution in [2.45, 2.75) is 51.9 Å². The van der Waals surface area contributed by atoms with Gasteiger partial charge in [0.05, 0.1) is 0 Å². The highest BCUT2D eigenvalue weighted by molar-refractivity contribution is 5.50. The first kappa shape index (κ1) is 13.4. The first-order valence-corrected chi connectivity index (χ1v) is 6.95. The molecular weight excluding hydrogens is 222 g/mol. The smallest absolute Gasteiger partial charge is 0.123 e. The third-order valence-electron chi connectivity index (χ3n) is 3.99. The van der Waals surface area contributed by atoms with Crippen LogP contribution in [0.3, 0.4) is 0 Å². The van der Waals surface area contributed by atoms with Gasteiger partial charge < -0.3 is 10.4 Å². The van der Waals surface area contributed by atoms with Crippen molar-refractivity contribution >= 4 is 0 Å². The molecule has 2 rings (SSSR count). The zero-order valence-electron chi connectivity index (χ0n) is 12.0. The average Bonchev–Trinajstić information content (AvgIpc) is 2.28. The molecule has 100 valence electrons. The Morgan fingerprint density at radius 1 is 1.17 bits per heavy atom. The molecule has 0 atom stereocenters. The highest BCUT2D eigenvalue weighted by atomic mass is 16.3. The molecule has 1 aromatic carbocycles. The molecular formula is C16H25NO. The Morgan fingerprint density at radius 3 is 2.33 bits per heavy atom. The van der Waals surface area contributed by atoms with Gasteiger partial charge >= 0.3 is 0 Å². The van der Waals surface area contributed by atoms with Gasteiger partial charge in [-0.3, -0.25) is 0 Å². The molecule has 1 heterocycles. The number of hydrogen-bond acceptors (Lipinski definition) is 2. The van der Waals surface area contributed by atoms with Crippen LogP contribution in [0.25, 0.3) is 0 Å². The summed E-state index contributed by atoms with van der Waals surface area (Å²) in [4.78, 5) is 0. The van der Waals surface area contributed by atoms with Crippen LogP contribution in [0.2, 0.25) is 0 Å². The van der Waals surface area contributed by atoms with Crippen molar-refractivity contribution in [3.8, 4) is 5.75 Å². The number of phenolic OH excluding ortho intramolecular Hbond substituents is 1. The molecule has 1 aromatic rings. The molecule has 0 aliphatic carbocycles. The lowest BCUT2D eigenvalue weighted by Gasteiger charge is -2.29. The van der Waals surface area contributed by atoms with Crippen LogP contribution in [0.15, 0.2) is 12.1 Å². The SMILES string of the molecule is Cc1ccc(C(C)(C)C)c(O)c1C1CCNCC1. The number of phenols is 1. The molecule has 0 spiro atoms. The minimum absolute atomic E-state index is 0.000546. The molecule has 2 heteroatoms. The fourth-order valence-electron chi connectivity index (χ4n) is 2.94. The van der Waals surface area contributed by atoms with E-state index in [9.17, 15) is 5.11 Å². The van der Waals surface area contributed by atoms with E-state index in [1.807, 2.05) is 0 Å². The highest BCUT2D eigenvalue weighted by Crippen LogP contribution is 2.40. The van der Waals surface area contributed by atoms with Crippen LogP contribution in [0.4, 0.5) is 0 Å². The predicted octanol–water partition coefficient (Wildman–Crippen LogP) is 3.47. The predicted molar refractivity (Wildman–Crippen MR) is 76.4 cm³/mol. The Bertz CT molecular complexity index is 425. The van der Waals surface area contributed by atoms with Gasteiger partial charge in [-0.25, -0.2) is 0 Å². The van der Waals surface area contributed by atoms with Crippen LogP contribution < -0.4 is 5.32 Å². The monoisotopic (exact) mass is 247 g/mol. The number of benzene rings is 1. The minimum atomic E-state index is -0.000546. The first-order valence-electron chi connectivity index (χ1n) is 6.95. The number of nitrogens with one attached hydrogen (secondary N) is 1. The van der Waals surface area contributed by atoms with Crippen molar-refractivity contribution in [1.29, 1.82) is 0 Å². The van der Waals surface area contributed by atoms with Gasteiger partial charge in [-0.1, -0.05) is 32.9 Å². The van der Waals surface area contributed by atoms with E-state index in [1.165, 1.54) is 11.1 Å². The number of hydrogen-bond donors (Lipinski definition) is 2. The molecule has 0 unspecified atom stereocenters. The first-order chi connectivity index (χ1) is 8.41. The quantitative estimate of drug-likeness (QED) is 0.796. The maximum Gasteiger partial charge on any atom is 0.123 e. The van der Waals surface area contributed by atoms with Gasteiger partial charge in [-0.15, -0.1) is 0 Å². The largest absolute Gasteiger partial charge is 0.507 e. The zero-order chi connectivity index (χ0) is 13.3. The molecule has 1 aliphatic rings. The molecule has 0 radical (unpaired) electrons. The van der Waals surface area contributed by atoms with Gasteiger partial charge in [0.15, 0.2) is 0 Å². The lowest BCUT2D eigenvalue weighted by molar-refractivity contribution is 0.409. The second-order valence-electron chi connectivity index (χ2n) is 6.47. The van der Waals surface area contributed by atoms with Crippen molar-refractivity contribution < 1.29 is 5.11 Å². The van der Waals surface area contributed by atoms with E-state index < -0.39 is 0 Å². The molecule has 0 amide bonds. The number of rotatable bonds is 1. The molecule has 0 saturated carbocycles. The second kappa shape index (κ2) is 4.93. The summed E-state index contributed by atoms with van der Waals surface area (Å²) >= 11 is 0. The summed E-state index contributed by atoms with van der Waals surface area (Å²) in [6.45, 7) is 10.7. The molecule has 2 N–H and O–H groups in total. The zero-order valence-corrected chi connectivity index (χ0v) is 12.0. The molecule has 0 bridgehead atoms. The average molecular weight is 247 g/mol. The summed E-state index contributed by atoms with van der Waals surface area (Å²) in [6, 6.07) is 4.24. The molecule has 18 heavy (non-hydrogen) atoms. The molecule has 1 aliphatic heterocycles. The second-order valence-corrected chi connectivity index (χ2v) is 6.47. The van der Waals surface area contributed by atoms with Crippen molar-refractivity contribution in [2.75, 3.05) is 13.1 Å². The topological polar surface area (TPSA) is 32.3 Å². The summed E-state index contributed by atoms with van der Waals surface area (Å²) in [5, 5.41) is 14.0. The van der Waals surface area contributed by atoms with E-state index in [-0.39, 0.29) is 5.41 Å². The molecule has 1 saturated heterocycles. The van der Waals surface area contributed by atoms with E-state index in [0.717, 1.165) is 31.5 Å². The summed E-state index contributed by atoms with van der Waals surface area (Å²) in [5.41, 5.74) is 3.48. The maximum atomic E-state index is 10.6. The molecule has 0 aromatic heterocycles.